The van der Waals surface area contributed by atoms with Crippen molar-refractivity contribution in [3.8, 4) is 0 Å². The average molecular weight is 687 g/mol. The lowest BCUT2D eigenvalue weighted by atomic mass is 10.1. The summed E-state index contributed by atoms with van der Waals surface area (Å²) in [4.78, 5) is 53.0. The molecule has 0 aromatic heterocycles. The third-order valence-corrected chi connectivity index (χ3v) is 7.03. The Hall–Kier alpha value is -5.39. The molecular formula is C28H23ClF6N7O5+. The Bertz CT molecular complexity index is 1810. The fraction of sp³-hybridized carbons (Fsp3) is 0.214. The smallest absolute Gasteiger partial charge is 0.414 e. The van der Waals surface area contributed by atoms with Gasteiger partial charge in [-0.25, -0.2) is 31.1 Å². The van der Waals surface area contributed by atoms with Crippen LogP contribution in [-0.2, 0) is 33.9 Å². The predicted molar refractivity (Wildman–Crippen MR) is 155 cm³/mol. The number of primary amides is 1. The molecule has 0 radical (unpaired) electrons. The van der Waals surface area contributed by atoms with Crippen molar-refractivity contribution >= 4 is 52.5 Å². The van der Waals surface area contributed by atoms with Gasteiger partial charge in [0.25, 0.3) is 0 Å². The summed E-state index contributed by atoms with van der Waals surface area (Å²) in [5.74, 6) is -15.1. The number of nitrogens with two attached hydrogens (primary N) is 2. The number of carbonyl (C=O) groups excluding carboxylic acids is 3. The SMILES string of the molecule is C[N+](=O)Cc1ccc2c(c1)N(C(=O)OCc1c(F)c(F)c(F)c(F)c1F)[C@H](CN=C(N)Nc1cc(Cl)c(F)cc1NC(=O)C(N)=O)C2. The zero-order valence-corrected chi connectivity index (χ0v) is 24.7. The molecule has 0 fully saturated rings. The van der Waals surface area contributed by atoms with Crippen molar-refractivity contribution in [3.05, 3.63) is 91.9 Å². The quantitative estimate of drug-likeness (QED) is 0.0527. The molecule has 3 aromatic rings. The monoisotopic (exact) mass is 686 g/mol. The van der Waals surface area contributed by atoms with Gasteiger partial charge in [0.15, 0.2) is 36.3 Å². The van der Waals surface area contributed by atoms with Gasteiger partial charge in [-0.1, -0.05) is 23.7 Å². The molecule has 0 spiro atoms. The van der Waals surface area contributed by atoms with Crippen molar-refractivity contribution in [3.63, 3.8) is 0 Å². The molecule has 1 aliphatic rings. The molecule has 3 aromatic carbocycles. The summed E-state index contributed by atoms with van der Waals surface area (Å²) >= 11 is 5.83. The summed E-state index contributed by atoms with van der Waals surface area (Å²) in [5, 5.41) is 4.25. The van der Waals surface area contributed by atoms with E-state index in [4.69, 9.17) is 27.8 Å². The van der Waals surface area contributed by atoms with E-state index in [2.05, 4.69) is 15.6 Å². The number of guanidine groups is 1. The van der Waals surface area contributed by atoms with E-state index in [0.717, 1.165) is 17.0 Å². The van der Waals surface area contributed by atoms with Crippen molar-refractivity contribution in [2.45, 2.75) is 25.6 Å². The van der Waals surface area contributed by atoms with Crippen LogP contribution in [0.1, 0.15) is 16.7 Å². The molecule has 6 N–H and O–H groups in total. The second-order valence-electron chi connectivity index (χ2n) is 10.1. The van der Waals surface area contributed by atoms with E-state index in [-0.39, 0.29) is 42.5 Å². The van der Waals surface area contributed by atoms with Crippen LogP contribution < -0.4 is 27.0 Å². The molecule has 1 heterocycles. The van der Waals surface area contributed by atoms with Crippen molar-refractivity contribution in [1.29, 1.82) is 0 Å². The van der Waals surface area contributed by atoms with Crippen LogP contribution in [0.15, 0.2) is 35.3 Å². The van der Waals surface area contributed by atoms with Gasteiger partial charge in [-0.2, -0.15) is 0 Å². The molecule has 0 unspecified atom stereocenters. The highest BCUT2D eigenvalue weighted by Gasteiger charge is 2.36. The number of ether oxygens (including phenoxy) is 1. The molecule has 4 rings (SSSR count). The summed E-state index contributed by atoms with van der Waals surface area (Å²) in [5.41, 5.74) is 10.4. The highest BCUT2D eigenvalue weighted by Crippen LogP contribution is 2.35. The largest absolute Gasteiger partial charge is 0.444 e. The van der Waals surface area contributed by atoms with Gasteiger partial charge in [0.1, 0.15) is 12.4 Å². The highest BCUT2D eigenvalue weighted by molar-refractivity contribution is 6.39. The Kier molecular flexibility index (Phi) is 10.2. The number of fused-ring (bicyclic) bond motifs is 1. The maximum atomic E-state index is 14.2. The lowest BCUT2D eigenvalue weighted by Crippen LogP contribution is -2.40. The van der Waals surface area contributed by atoms with E-state index in [1.807, 2.05) is 0 Å². The molecule has 12 nitrogen and oxygen atoms in total. The Morgan fingerprint density at radius 2 is 1.60 bits per heavy atom. The number of nitroso groups, excluding NO2 is 1. The Morgan fingerprint density at radius 3 is 2.21 bits per heavy atom. The maximum absolute atomic E-state index is 14.2. The molecule has 0 aliphatic carbocycles. The molecule has 0 saturated heterocycles. The molecule has 3 amide bonds. The standard InChI is InChI=1S/C28H22ClF6N7O5/c1-41(46)9-11-2-3-12-5-13(8-38-27(37)40-17-6-15(29)16(30)7-18(17)39-26(44)25(36)43)42(19(12)4-11)28(45)47-10-14-20(31)22(33)24(35)23(34)21(14)32/h2-4,6-7,13H,5,8-10H2,1H3,(H5-,36,37,38,39,40,43,44)/p+1/t13-/m0/s1. The number of anilines is 3. The van der Waals surface area contributed by atoms with Gasteiger partial charge in [-0.05, 0) is 28.9 Å². The Labute approximate surface area is 265 Å². The third-order valence-electron chi connectivity index (χ3n) is 6.74. The number of nitrogens with one attached hydrogen (secondary N) is 2. The van der Waals surface area contributed by atoms with Crippen LogP contribution in [0.5, 0.6) is 0 Å². The first-order valence-corrected chi connectivity index (χ1v) is 13.6. The minimum absolute atomic E-state index is 0.0880. The van der Waals surface area contributed by atoms with Crippen LogP contribution in [-0.4, -0.2) is 48.3 Å². The van der Waals surface area contributed by atoms with E-state index in [1.54, 1.807) is 12.1 Å². The fourth-order valence-corrected chi connectivity index (χ4v) is 4.76. The molecule has 0 bridgehead atoms. The van der Waals surface area contributed by atoms with Crippen molar-refractivity contribution in [1.82, 2.24) is 0 Å². The molecule has 0 saturated carbocycles. The fourth-order valence-electron chi connectivity index (χ4n) is 4.60. The topological polar surface area (TPSA) is 172 Å². The predicted octanol–water partition coefficient (Wildman–Crippen LogP) is 4.00. The van der Waals surface area contributed by atoms with Crippen LogP contribution in [0, 0.1) is 39.8 Å². The van der Waals surface area contributed by atoms with Crippen molar-refractivity contribution < 1.29 is 50.2 Å². The summed E-state index contributed by atoms with van der Waals surface area (Å²) in [6.07, 6.45) is -1.15. The number of nitrogens with zero attached hydrogens (tertiary/aromatic N) is 3. The zero-order valence-electron chi connectivity index (χ0n) is 24.0. The van der Waals surface area contributed by atoms with Gasteiger partial charge >= 0.3 is 17.9 Å². The average Bonchev–Trinajstić information content (AvgIpc) is 3.37. The summed E-state index contributed by atoms with van der Waals surface area (Å²) in [6.45, 7) is -1.71. The zero-order chi connectivity index (χ0) is 34.7. The first-order chi connectivity index (χ1) is 22.1. The van der Waals surface area contributed by atoms with Gasteiger partial charge in [0, 0.05) is 16.5 Å². The van der Waals surface area contributed by atoms with Gasteiger partial charge in [0.2, 0.25) is 12.4 Å². The highest BCUT2D eigenvalue weighted by atomic mass is 35.5. The number of hydrogen-bond acceptors (Lipinski definition) is 6. The number of hydrogen-bond donors (Lipinski definition) is 4. The van der Waals surface area contributed by atoms with E-state index in [0.29, 0.717) is 15.9 Å². The van der Waals surface area contributed by atoms with Gasteiger partial charge < -0.3 is 26.8 Å². The number of rotatable bonds is 8. The lowest BCUT2D eigenvalue weighted by molar-refractivity contribution is -0.535. The Morgan fingerprint density at radius 1 is 0.979 bits per heavy atom. The number of halogens is 7. The molecule has 19 heteroatoms. The Balaban J connectivity index is 1.61. The number of benzene rings is 3. The molecule has 1 atom stereocenters. The molecule has 1 aliphatic heterocycles. The van der Waals surface area contributed by atoms with Crippen LogP contribution in [0.3, 0.4) is 0 Å². The van der Waals surface area contributed by atoms with Gasteiger partial charge in [-0.15, -0.1) is 0 Å². The van der Waals surface area contributed by atoms with Gasteiger partial charge in [0.05, 0.1) is 40.2 Å². The van der Waals surface area contributed by atoms with E-state index in [9.17, 15) is 45.6 Å². The van der Waals surface area contributed by atoms with Crippen LogP contribution in [0.4, 0.5) is 48.2 Å². The summed E-state index contributed by atoms with van der Waals surface area (Å²) in [7, 11) is 1.26. The second-order valence-corrected chi connectivity index (χ2v) is 10.5. The molecule has 248 valence electrons. The molecule has 47 heavy (non-hydrogen) atoms. The second kappa shape index (κ2) is 13.9. The van der Waals surface area contributed by atoms with Crippen LogP contribution >= 0.6 is 11.6 Å². The normalized spacial score (nSPS) is 14.1. The molecular weight excluding hydrogens is 664 g/mol. The summed E-state index contributed by atoms with van der Waals surface area (Å²) in [6, 6.07) is 5.61. The van der Waals surface area contributed by atoms with E-state index in [1.165, 1.54) is 13.1 Å². The maximum Gasteiger partial charge on any atom is 0.414 e. The lowest BCUT2D eigenvalue weighted by Gasteiger charge is -2.24. The number of amides is 3. The first kappa shape index (κ1) is 34.5. The minimum atomic E-state index is -2.38. The van der Waals surface area contributed by atoms with E-state index < -0.39 is 76.0 Å². The third kappa shape index (κ3) is 7.54. The summed E-state index contributed by atoms with van der Waals surface area (Å²) < 4.78 is 88.9. The number of carbonyl (C=O) groups is 3. The van der Waals surface area contributed by atoms with Crippen LogP contribution in [0.25, 0.3) is 0 Å². The van der Waals surface area contributed by atoms with Crippen molar-refractivity contribution in [2.75, 3.05) is 29.1 Å². The van der Waals surface area contributed by atoms with E-state index >= 15 is 0 Å². The number of aliphatic imine (C=N–C) groups is 1. The van der Waals surface area contributed by atoms with Crippen molar-refractivity contribution in [2.24, 2.45) is 16.5 Å². The minimum Gasteiger partial charge on any atom is -0.444 e. The van der Waals surface area contributed by atoms with Crippen LogP contribution in [0.2, 0.25) is 5.02 Å². The van der Waals surface area contributed by atoms with Gasteiger partial charge in [-0.3, -0.25) is 19.5 Å². The first-order valence-electron chi connectivity index (χ1n) is 13.2.